The van der Waals surface area contributed by atoms with Gasteiger partial charge in [-0.1, -0.05) is 29.0 Å². The number of nitrogens with zero attached hydrogens (tertiary/aromatic N) is 1. The van der Waals surface area contributed by atoms with E-state index in [1.807, 2.05) is 0 Å². The second-order valence-electron chi connectivity index (χ2n) is 3.24. The van der Waals surface area contributed by atoms with E-state index >= 15 is 0 Å². The summed E-state index contributed by atoms with van der Waals surface area (Å²) in [6.45, 7) is 5.34. The van der Waals surface area contributed by atoms with Gasteiger partial charge in [0.2, 0.25) is 0 Å². The van der Waals surface area contributed by atoms with Gasteiger partial charge in [-0.05, 0) is 19.8 Å². The van der Waals surface area contributed by atoms with Crippen molar-refractivity contribution < 1.29 is 14.3 Å². The highest BCUT2D eigenvalue weighted by Gasteiger charge is 2.15. The van der Waals surface area contributed by atoms with Crippen LogP contribution in [-0.4, -0.2) is 28.4 Å². The summed E-state index contributed by atoms with van der Waals surface area (Å²) in [6.07, 6.45) is 0. The number of hydrogen-bond donors (Lipinski definition) is 0. The molecule has 0 aliphatic rings. The Morgan fingerprint density at radius 2 is 2.22 bits per heavy atom. The first-order valence-corrected chi connectivity index (χ1v) is 7.11. The fraction of sp³-hybridized carbons (Fsp3) is 0.417. The second kappa shape index (κ2) is 7.19. The summed E-state index contributed by atoms with van der Waals surface area (Å²) in [6, 6.07) is 0. The van der Waals surface area contributed by atoms with Crippen LogP contribution in [0.3, 0.4) is 0 Å². The average Bonchev–Trinajstić information content (AvgIpc) is 2.66. The van der Waals surface area contributed by atoms with Gasteiger partial charge in [-0.3, -0.25) is 4.79 Å². The van der Waals surface area contributed by atoms with E-state index in [-0.39, 0.29) is 11.1 Å². The van der Waals surface area contributed by atoms with Gasteiger partial charge in [0.05, 0.1) is 18.1 Å². The van der Waals surface area contributed by atoms with Crippen LogP contribution in [0.5, 0.6) is 0 Å². The number of rotatable bonds is 3. The zero-order chi connectivity index (χ0) is 13.5. The van der Waals surface area contributed by atoms with Gasteiger partial charge in [0.1, 0.15) is 4.88 Å². The molecule has 4 nitrogen and oxygen atoms in total. The number of carbonyl (C=O) groups excluding carboxylic acids is 2. The molecule has 0 saturated heterocycles. The van der Waals surface area contributed by atoms with Crippen molar-refractivity contribution in [2.75, 3.05) is 12.4 Å². The molecular weight excluding hydrogens is 270 g/mol. The number of thiazole rings is 1. The van der Waals surface area contributed by atoms with Crippen LogP contribution in [0.2, 0.25) is 0 Å². The van der Waals surface area contributed by atoms with Crippen molar-refractivity contribution in [3.63, 3.8) is 0 Å². The van der Waals surface area contributed by atoms with Crippen LogP contribution in [-0.2, 0) is 9.53 Å². The van der Waals surface area contributed by atoms with Crippen LogP contribution in [0, 0.1) is 18.8 Å². The summed E-state index contributed by atoms with van der Waals surface area (Å²) < 4.78 is 4.91. The number of ether oxygens (including phenoxy) is 1. The predicted molar refractivity (Wildman–Crippen MR) is 72.8 cm³/mol. The largest absolute Gasteiger partial charge is 0.462 e. The Kier molecular flexibility index (Phi) is 5.89. The highest BCUT2D eigenvalue weighted by atomic mass is 32.2. The minimum Gasteiger partial charge on any atom is -0.462 e. The maximum atomic E-state index is 11.5. The summed E-state index contributed by atoms with van der Waals surface area (Å²) in [7, 11) is 0. The van der Waals surface area contributed by atoms with Gasteiger partial charge in [-0.15, -0.1) is 0 Å². The lowest BCUT2D eigenvalue weighted by atomic mass is 10.4. The Hall–Kier alpha value is -1.32. The molecule has 0 saturated carbocycles. The molecule has 0 bridgehead atoms. The zero-order valence-corrected chi connectivity index (χ0v) is 12.0. The van der Waals surface area contributed by atoms with E-state index in [9.17, 15) is 9.59 Å². The summed E-state index contributed by atoms with van der Waals surface area (Å²) in [5.74, 6) is 5.74. The van der Waals surface area contributed by atoms with Crippen molar-refractivity contribution in [2.45, 2.75) is 20.8 Å². The molecule has 0 unspecified atom stereocenters. The smallest absolute Gasteiger partial charge is 0.350 e. The number of hydrogen-bond acceptors (Lipinski definition) is 6. The molecule has 1 aromatic rings. The Bertz CT molecular complexity index is 511. The van der Waals surface area contributed by atoms with Crippen LogP contribution in [0.4, 0.5) is 0 Å². The topological polar surface area (TPSA) is 56.3 Å². The third-order valence-electron chi connectivity index (χ3n) is 1.80. The first-order chi connectivity index (χ1) is 8.54. The van der Waals surface area contributed by atoms with E-state index in [0.717, 1.165) is 11.8 Å². The zero-order valence-electron chi connectivity index (χ0n) is 10.4. The van der Waals surface area contributed by atoms with Gasteiger partial charge in [0, 0.05) is 6.92 Å². The molecule has 0 spiro atoms. The van der Waals surface area contributed by atoms with Crippen molar-refractivity contribution in [3.8, 4) is 11.8 Å². The highest BCUT2D eigenvalue weighted by Crippen LogP contribution is 2.18. The molecule has 0 radical (unpaired) electrons. The van der Waals surface area contributed by atoms with Crippen LogP contribution in [0.25, 0.3) is 0 Å². The van der Waals surface area contributed by atoms with Crippen molar-refractivity contribution >= 4 is 34.2 Å². The lowest BCUT2D eigenvalue weighted by Gasteiger charge is -1.97. The molecule has 0 aromatic carbocycles. The van der Waals surface area contributed by atoms with Gasteiger partial charge in [-0.2, -0.15) is 0 Å². The van der Waals surface area contributed by atoms with Crippen molar-refractivity contribution in [1.29, 1.82) is 0 Å². The number of thioether (sulfide) groups is 1. The third kappa shape index (κ3) is 4.51. The van der Waals surface area contributed by atoms with E-state index in [1.54, 1.807) is 13.8 Å². The summed E-state index contributed by atoms with van der Waals surface area (Å²) >= 11 is 2.36. The minimum atomic E-state index is -0.362. The van der Waals surface area contributed by atoms with Crippen LogP contribution in [0.15, 0.2) is 0 Å². The van der Waals surface area contributed by atoms with Crippen LogP contribution < -0.4 is 0 Å². The molecule has 96 valence electrons. The molecule has 1 rings (SSSR count). The van der Waals surface area contributed by atoms with Crippen molar-refractivity contribution in [3.05, 3.63) is 15.6 Å². The molecule has 0 N–H and O–H groups in total. The first kappa shape index (κ1) is 14.7. The van der Waals surface area contributed by atoms with E-state index in [2.05, 4.69) is 16.8 Å². The van der Waals surface area contributed by atoms with Gasteiger partial charge in [0.25, 0.3) is 0 Å². The first-order valence-electron chi connectivity index (χ1n) is 5.31. The molecular formula is C12H13NO3S2. The summed E-state index contributed by atoms with van der Waals surface area (Å²) in [5.41, 5.74) is 0.627. The van der Waals surface area contributed by atoms with Crippen molar-refractivity contribution in [1.82, 2.24) is 4.98 Å². The minimum absolute atomic E-state index is 0.0341. The lowest BCUT2D eigenvalue weighted by Crippen LogP contribution is -2.03. The Morgan fingerprint density at radius 1 is 1.50 bits per heavy atom. The van der Waals surface area contributed by atoms with Gasteiger partial charge in [-0.25, -0.2) is 9.78 Å². The standard InChI is InChI=1S/C12H13NO3S2/c1-4-16-12(15)11-8(2)13-10(18-11)6-5-7-17-9(3)14/h4,7H2,1-3H3. The van der Waals surface area contributed by atoms with Crippen LogP contribution in [0.1, 0.15) is 34.2 Å². The fourth-order valence-corrected chi connectivity index (χ4v) is 2.27. The molecule has 0 fully saturated rings. The molecule has 0 atom stereocenters. The van der Waals surface area contributed by atoms with Gasteiger partial charge in [0.15, 0.2) is 10.1 Å². The van der Waals surface area contributed by atoms with E-state index in [4.69, 9.17) is 4.74 Å². The van der Waals surface area contributed by atoms with Gasteiger partial charge >= 0.3 is 5.97 Å². The average molecular weight is 283 g/mol. The fourth-order valence-electron chi connectivity index (χ4n) is 1.09. The Labute approximate surface area is 114 Å². The lowest BCUT2D eigenvalue weighted by molar-refractivity contribution is -0.109. The highest BCUT2D eigenvalue weighted by molar-refractivity contribution is 8.13. The monoisotopic (exact) mass is 283 g/mol. The van der Waals surface area contributed by atoms with Crippen LogP contribution >= 0.6 is 23.1 Å². The Balaban J connectivity index is 2.72. The van der Waals surface area contributed by atoms with Gasteiger partial charge < -0.3 is 4.74 Å². The summed E-state index contributed by atoms with van der Waals surface area (Å²) in [5, 5.41) is 0.603. The molecule has 0 amide bonds. The molecule has 18 heavy (non-hydrogen) atoms. The van der Waals surface area contributed by atoms with E-state index < -0.39 is 0 Å². The third-order valence-corrected chi connectivity index (χ3v) is 3.55. The second-order valence-corrected chi connectivity index (χ2v) is 5.39. The summed E-state index contributed by atoms with van der Waals surface area (Å²) in [4.78, 5) is 26.9. The number of esters is 1. The SMILES string of the molecule is CCOC(=O)c1sc(C#CCSC(C)=O)nc1C. The van der Waals surface area contributed by atoms with E-state index in [1.165, 1.54) is 18.3 Å². The maximum absolute atomic E-state index is 11.5. The number of aromatic nitrogens is 1. The molecule has 0 aliphatic carbocycles. The van der Waals surface area contributed by atoms with Crippen molar-refractivity contribution in [2.24, 2.45) is 0 Å². The molecule has 1 heterocycles. The number of aryl methyl sites for hydroxylation is 1. The normalized spacial score (nSPS) is 9.50. The predicted octanol–water partition coefficient (Wildman–Crippen LogP) is 2.26. The number of carbonyl (C=O) groups is 2. The molecule has 1 aromatic heterocycles. The Morgan fingerprint density at radius 3 is 2.83 bits per heavy atom. The quantitative estimate of drug-likeness (QED) is 0.629. The van der Waals surface area contributed by atoms with E-state index in [0.29, 0.717) is 27.9 Å². The molecule has 0 aliphatic heterocycles. The molecule has 6 heteroatoms. The maximum Gasteiger partial charge on any atom is 0.350 e.